The average molecular weight is 393 g/mol. The minimum absolute atomic E-state index is 0.0360. The first-order valence-corrected chi connectivity index (χ1v) is 10.0. The zero-order valence-electron chi connectivity index (χ0n) is 14.5. The normalized spacial score (nSPS) is 15.9. The van der Waals surface area contributed by atoms with Crippen LogP contribution in [0.3, 0.4) is 0 Å². The molecule has 2 heterocycles. The van der Waals surface area contributed by atoms with E-state index in [1.807, 2.05) is 6.07 Å². The van der Waals surface area contributed by atoms with Crippen molar-refractivity contribution in [1.82, 2.24) is 14.5 Å². The number of benzene rings is 1. The number of aliphatic hydroxyl groups excluding tert-OH is 1. The number of imide groups is 1. The molecule has 1 aliphatic rings. The molecule has 0 spiro atoms. The van der Waals surface area contributed by atoms with E-state index in [1.165, 1.54) is 0 Å². The summed E-state index contributed by atoms with van der Waals surface area (Å²) in [5, 5.41) is 12.7. The lowest BCUT2D eigenvalue weighted by atomic mass is 10.1. The maximum Gasteiger partial charge on any atom is 0.341 e. The lowest BCUT2D eigenvalue weighted by Crippen LogP contribution is -2.44. The molecule has 144 valence electrons. The fourth-order valence-electron chi connectivity index (χ4n) is 2.72. The Labute approximate surface area is 156 Å². The van der Waals surface area contributed by atoms with Crippen molar-refractivity contribution >= 4 is 22.1 Å². The summed E-state index contributed by atoms with van der Waals surface area (Å²) in [6.45, 7) is -0.241. The van der Waals surface area contributed by atoms with Gasteiger partial charge in [0.25, 0.3) is 0 Å². The minimum Gasteiger partial charge on any atom is -0.464 e. The number of rotatable bonds is 5. The number of hydrogen-bond acceptors (Lipinski definition) is 6. The molecule has 1 fully saturated rings. The number of nitrogens with zero attached hydrogens (tertiary/aromatic N) is 2. The molecular formula is C17H19N3O6S. The van der Waals surface area contributed by atoms with Crippen molar-refractivity contribution in [1.29, 1.82) is 0 Å². The Morgan fingerprint density at radius 2 is 1.96 bits per heavy atom. The number of furan rings is 1. The van der Waals surface area contributed by atoms with Gasteiger partial charge in [0.15, 0.2) is 0 Å². The van der Waals surface area contributed by atoms with Gasteiger partial charge in [-0.1, -0.05) is 24.3 Å². The van der Waals surface area contributed by atoms with Gasteiger partial charge in [-0.05, 0) is 17.7 Å². The maximum atomic E-state index is 12.1. The lowest BCUT2D eigenvalue weighted by Gasteiger charge is -2.18. The van der Waals surface area contributed by atoms with Crippen LogP contribution >= 0.6 is 0 Å². The Kier molecular flexibility index (Phi) is 5.19. The molecule has 4 amide bonds. The van der Waals surface area contributed by atoms with Gasteiger partial charge < -0.3 is 14.8 Å². The van der Waals surface area contributed by atoms with Crippen LogP contribution in [-0.4, -0.2) is 60.7 Å². The Morgan fingerprint density at radius 3 is 2.52 bits per heavy atom. The van der Waals surface area contributed by atoms with Crippen molar-refractivity contribution in [2.75, 3.05) is 25.9 Å². The molecule has 27 heavy (non-hydrogen) atoms. The molecule has 3 rings (SSSR count). The zero-order valence-corrected chi connectivity index (χ0v) is 15.3. The predicted molar refractivity (Wildman–Crippen MR) is 96.2 cm³/mol. The fourth-order valence-corrected chi connectivity index (χ4v) is 3.52. The standard InChI is InChI=1S/C17H19N3O6S/c1-27(24,25)20-9-8-19(17(20)23)16(22)18-11-14(21)12-4-6-13(7-5-12)15-3-2-10-26-15/h2-7,10,14,21H,8-9,11H2,1H3,(H,18,22)/t14-/m1/s1. The van der Waals surface area contributed by atoms with Crippen molar-refractivity contribution in [3.05, 3.63) is 48.2 Å². The molecule has 0 aliphatic carbocycles. The van der Waals surface area contributed by atoms with Crippen LogP contribution in [0.4, 0.5) is 9.59 Å². The van der Waals surface area contributed by atoms with Crippen LogP contribution in [0.25, 0.3) is 11.3 Å². The highest BCUT2D eigenvalue weighted by atomic mass is 32.2. The largest absolute Gasteiger partial charge is 0.464 e. The van der Waals surface area contributed by atoms with Crippen LogP contribution < -0.4 is 5.32 Å². The number of nitrogens with one attached hydrogen (secondary N) is 1. The molecule has 0 unspecified atom stereocenters. The van der Waals surface area contributed by atoms with Gasteiger partial charge in [-0.3, -0.25) is 0 Å². The Hall–Kier alpha value is -2.85. The molecule has 9 nitrogen and oxygen atoms in total. The third-order valence-corrected chi connectivity index (χ3v) is 5.30. The minimum atomic E-state index is -3.71. The number of carbonyl (C=O) groups excluding carboxylic acids is 2. The molecule has 1 aromatic carbocycles. The van der Waals surface area contributed by atoms with Gasteiger partial charge in [0.2, 0.25) is 10.0 Å². The first-order valence-electron chi connectivity index (χ1n) is 8.16. The van der Waals surface area contributed by atoms with E-state index in [4.69, 9.17) is 4.42 Å². The molecule has 0 saturated carbocycles. The molecule has 0 radical (unpaired) electrons. The van der Waals surface area contributed by atoms with Crippen molar-refractivity contribution in [3.63, 3.8) is 0 Å². The van der Waals surface area contributed by atoms with E-state index in [9.17, 15) is 23.1 Å². The summed E-state index contributed by atoms with van der Waals surface area (Å²) in [4.78, 5) is 24.9. The summed E-state index contributed by atoms with van der Waals surface area (Å²) >= 11 is 0. The van der Waals surface area contributed by atoms with Crippen molar-refractivity contribution in [2.24, 2.45) is 0 Å². The van der Waals surface area contributed by atoms with Gasteiger partial charge in [0, 0.05) is 12.1 Å². The number of aliphatic hydroxyl groups is 1. The van der Waals surface area contributed by atoms with E-state index in [2.05, 4.69) is 5.32 Å². The summed E-state index contributed by atoms with van der Waals surface area (Å²) in [5.41, 5.74) is 1.43. The van der Waals surface area contributed by atoms with Crippen LogP contribution in [0.5, 0.6) is 0 Å². The molecule has 1 atom stereocenters. The van der Waals surface area contributed by atoms with E-state index in [1.54, 1.807) is 36.6 Å². The van der Waals surface area contributed by atoms with E-state index in [0.29, 0.717) is 15.6 Å². The van der Waals surface area contributed by atoms with Gasteiger partial charge in [-0.2, -0.15) is 0 Å². The molecule has 1 aliphatic heterocycles. The summed E-state index contributed by atoms with van der Waals surface area (Å²) in [5.74, 6) is 0.701. The molecule has 0 bridgehead atoms. The third-order valence-electron chi connectivity index (χ3n) is 4.16. The number of urea groups is 2. The second-order valence-electron chi connectivity index (χ2n) is 6.07. The summed E-state index contributed by atoms with van der Waals surface area (Å²) in [6.07, 6.45) is 1.49. The van der Waals surface area contributed by atoms with Gasteiger partial charge in [-0.25, -0.2) is 27.2 Å². The summed E-state index contributed by atoms with van der Waals surface area (Å²) < 4.78 is 28.9. The predicted octanol–water partition coefficient (Wildman–Crippen LogP) is 1.39. The van der Waals surface area contributed by atoms with Gasteiger partial charge >= 0.3 is 12.1 Å². The first-order chi connectivity index (χ1) is 12.8. The monoisotopic (exact) mass is 393 g/mol. The third kappa shape index (κ3) is 4.12. The smallest absolute Gasteiger partial charge is 0.341 e. The Morgan fingerprint density at radius 1 is 1.26 bits per heavy atom. The molecule has 2 aromatic rings. The van der Waals surface area contributed by atoms with Gasteiger partial charge in [-0.15, -0.1) is 0 Å². The highest BCUT2D eigenvalue weighted by Crippen LogP contribution is 2.22. The highest BCUT2D eigenvalue weighted by molar-refractivity contribution is 7.88. The molecular weight excluding hydrogens is 374 g/mol. The van der Waals surface area contributed by atoms with Crippen molar-refractivity contribution in [2.45, 2.75) is 6.10 Å². The fraction of sp³-hybridized carbons (Fsp3) is 0.294. The van der Waals surface area contributed by atoms with E-state index < -0.39 is 28.2 Å². The number of amides is 4. The van der Waals surface area contributed by atoms with Crippen LogP contribution in [0.2, 0.25) is 0 Å². The average Bonchev–Trinajstić information content (AvgIpc) is 3.28. The number of sulfonamides is 1. The molecule has 1 aromatic heterocycles. The van der Waals surface area contributed by atoms with Crippen LogP contribution in [0, 0.1) is 0 Å². The number of hydrogen-bond donors (Lipinski definition) is 2. The number of carbonyl (C=O) groups is 2. The van der Waals surface area contributed by atoms with E-state index in [-0.39, 0.29) is 19.6 Å². The first kappa shape index (κ1) is 18.9. The Balaban J connectivity index is 1.57. The molecule has 10 heteroatoms. The quantitative estimate of drug-likeness (QED) is 0.792. The van der Waals surface area contributed by atoms with Crippen molar-refractivity contribution in [3.8, 4) is 11.3 Å². The second kappa shape index (κ2) is 7.41. The lowest BCUT2D eigenvalue weighted by molar-refractivity contribution is 0.164. The SMILES string of the molecule is CS(=O)(=O)N1CCN(C(=O)NC[C@@H](O)c2ccc(-c3ccco3)cc2)C1=O. The molecule has 2 N–H and O–H groups in total. The summed E-state index contributed by atoms with van der Waals surface area (Å²) in [6, 6.07) is 8.93. The van der Waals surface area contributed by atoms with E-state index >= 15 is 0 Å². The Bertz CT molecular complexity index is 924. The van der Waals surface area contributed by atoms with Crippen LogP contribution in [0.15, 0.2) is 47.1 Å². The van der Waals surface area contributed by atoms with Crippen molar-refractivity contribution < 1.29 is 27.5 Å². The topological polar surface area (TPSA) is 120 Å². The highest BCUT2D eigenvalue weighted by Gasteiger charge is 2.38. The maximum absolute atomic E-state index is 12.1. The van der Waals surface area contributed by atoms with Gasteiger partial charge in [0.05, 0.1) is 31.7 Å². The van der Waals surface area contributed by atoms with Crippen LogP contribution in [0.1, 0.15) is 11.7 Å². The summed E-state index contributed by atoms with van der Waals surface area (Å²) in [7, 11) is -3.71. The second-order valence-corrected chi connectivity index (χ2v) is 7.98. The van der Waals surface area contributed by atoms with E-state index in [0.717, 1.165) is 16.7 Å². The van der Waals surface area contributed by atoms with Crippen LogP contribution in [-0.2, 0) is 10.0 Å². The molecule has 1 saturated heterocycles. The van der Waals surface area contributed by atoms with Gasteiger partial charge in [0.1, 0.15) is 5.76 Å². The zero-order chi connectivity index (χ0) is 19.6.